The largest absolute Gasteiger partial charge is 0.493 e. The lowest BCUT2D eigenvalue weighted by Crippen LogP contribution is -2.03. The van der Waals surface area contributed by atoms with Crippen molar-refractivity contribution in [1.29, 1.82) is 0 Å². The lowest BCUT2D eigenvalue weighted by Gasteiger charge is -2.11. The molecule has 0 aliphatic carbocycles. The molecule has 1 aromatic carbocycles. The first-order chi connectivity index (χ1) is 9.83. The monoisotopic (exact) mass is 272 g/mol. The molecule has 1 aromatic heterocycles. The molecular formula is C16H20N2O2. The normalized spacial score (nSPS) is 10.1. The van der Waals surface area contributed by atoms with Crippen molar-refractivity contribution in [2.45, 2.75) is 20.0 Å². The number of nitrogens with zero attached hydrogens (tertiary/aromatic N) is 1. The van der Waals surface area contributed by atoms with Crippen molar-refractivity contribution in [2.24, 2.45) is 0 Å². The van der Waals surface area contributed by atoms with Crippen molar-refractivity contribution in [1.82, 2.24) is 4.98 Å². The third kappa shape index (κ3) is 3.88. The summed E-state index contributed by atoms with van der Waals surface area (Å²) < 4.78 is 11.1. The van der Waals surface area contributed by atoms with E-state index >= 15 is 0 Å². The second-order valence-electron chi connectivity index (χ2n) is 4.42. The van der Waals surface area contributed by atoms with Gasteiger partial charge in [-0.1, -0.05) is 19.1 Å². The molecular weight excluding hydrogens is 252 g/mol. The molecule has 0 unspecified atom stereocenters. The van der Waals surface area contributed by atoms with Gasteiger partial charge in [0.1, 0.15) is 12.4 Å². The molecule has 0 bridgehead atoms. The molecule has 1 N–H and O–H groups in total. The first-order valence-electron chi connectivity index (χ1n) is 6.78. The summed E-state index contributed by atoms with van der Waals surface area (Å²) in [4.78, 5) is 4.27. The van der Waals surface area contributed by atoms with Crippen LogP contribution in [0.2, 0.25) is 0 Å². The Kier molecular flexibility index (Phi) is 5.24. The summed E-state index contributed by atoms with van der Waals surface area (Å²) in [6.07, 6.45) is 2.86. The van der Waals surface area contributed by atoms with Crippen molar-refractivity contribution < 1.29 is 9.47 Å². The van der Waals surface area contributed by atoms with E-state index in [-0.39, 0.29) is 0 Å². The lowest BCUT2D eigenvalue weighted by atomic mass is 10.2. The van der Waals surface area contributed by atoms with E-state index < -0.39 is 0 Å². The molecule has 0 aliphatic rings. The molecule has 106 valence electrons. The van der Waals surface area contributed by atoms with Crippen LogP contribution in [0.5, 0.6) is 11.5 Å². The summed E-state index contributed by atoms with van der Waals surface area (Å²) in [7, 11) is 1.64. The van der Waals surface area contributed by atoms with Crippen LogP contribution in [0.1, 0.15) is 18.9 Å². The van der Waals surface area contributed by atoms with Crippen molar-refractivity contribution in [2.75, 3.05) is 19.0 Å². The Morgan fingerprint density at radius 3 is 2.70 bits per heavy atom. The van der Waals surface area contributed by atoms with E-state index in [0.29, 0.717) is 6.61 Å². The van der Waals surface area contributed by atoms with Gasteiger partial charge in [0.05, 0.1) is 7.11 Å². The van der Waals surface area contributed by atoms with Gasteiger partial charge in [0.2, 0.25) is 0 Å². The average molecular weight is 272 g/mol. The second-order valence-corrected chi connectivity index (χ2v) is 4.42. The number of anilines is 1. The number of aromatic nitrogens is 1. The van der Waals surface area contributed by atoms with Crippen LogP contribution in [0, 0.1) is 0 Å². The van der Waals surface area contributed by atoms with Crippen LogP contribution >= 0.6 is 0 Å². The van der Waals surface area contributed by atoms with E-state index in [1.165, 1.54) is 0 Å². The van der Waals surface area contributed by atoms with Crippen molar-refractivity contribution in [3.8, 4) is 11.5 Å². The maximum Gasteiger partial charge on any atom is 0.161 e. The molecule has 0 saturated carbocycles. The fraction of sp³-hybridized carbons (Fsp3) is 0.312. The summed E-state index contributed by atoms with van der Waals surface area (Å²) in [5, 5.41) is 3.26. The van der Waals surface area contributed by atoms with Crippen LogP contribution in [-0.4, -0.2) is 18.6 Å². The molecule has 0 radical (unpaired) electrons. The predicted octanol–water partition coefficient (Wildman–Crippen LogP) is 3.49. The fourth-order valence-electron chi connectivity index (χ4n) is 1.81. The highest BCUT2D eigenvalue weighted by molar-refractivity contribution is 5.40. The molecule has 0 aliphatic heterocycles. The van der Waals surface area contributed by atoms with Gasteiger partial charge in [0, 0.05) is 12.7 Å². The number of benzene rings is 1. The van der Waals surface area contributed by atoms with E-state index in [4.69, 9.17) is 9.47 Å². The standard InChI is InChI=1S/C16H20N2O2/c1-3-9-17-16-11-13(8-10-18-16)12-20-15-7-5-4-6-14(15)19-2/h4-8,10-11H,3,9,12H2,1-2H3,(H,17,18). The number of nitrogens with one attached hydrogen (secondary N) is 1. The number of rotatable bonds is 7. The molecule has 0 fully saturated rings. The summed E-state index contributed by atoms with van der Waals surface area (Å²) >= 11 is 0. The van der Waals surface area contributed by atoms with E-state index in [1.54, 1.807) is 13.3 Å². The Hall–Kier alpha value is -2.23. The quantitative estimate of drug-likeness (QED) is 0.838. The molecule has 0 saturated heterocycles. The van der Waals surface area contributed by atoms with Gasteiger partial charge in [-0.3, -0.25) is 0 Å². The van der Waals surface area contributed by atoms with Gasteiger partial charge >= 0.3 is 0 Å². The van der Waals surface area contributed by atoms with Crippen LogP contribution in [0.4, 0.5) is 5.82 Å². The Morgan fingerprint density at radius 1 is 1.15 bits per heavy atom. The third-order valence-electron chi connectivity index (χ3n) is 2.84. The summed E-state index contributed by atoms with van der Waals surface area (Å²) in [5.41, 5.74) is 1.07. The molecule has 4 heteroatoms. The van der Waals surface area contributed by atoms with Crippen molar-refractivity contribution >= 4 is 5.82 Å². The van der Waals surface area contributed by atoms with Crippen LogP contribution in [0.15, 0.2) is 42.6 Å². The Labute approximate surface area is 119 Å². The van der Waals surface area contributed by atoms with E-state index in [1.807, 2.05) is 36.4 Å². The minimum Gasteiger partial charge on any atom is -0.493 e. The highest BCUT2D eigenvalue weighted by Crippen LogP contribution is 2.26. The van der Waals surface area contributed by atoms with Gasteiger partial charge in [-0.2, -0.15) is 0 Å². The highest BCUT2D eigenvalue weighted by Gasteiger charge is 2.03. The van der Waals surface area contributed by atoms with Crippen molar-refractivity contribution in [3.63, 3.8) is 0 Å². The highest BCUT2D eigenvalue weighted by atomic mass is 16.5. The summed E-state index contributed by atoms with van der Waals surface area (Å²) in [5.74, 6) is 2.37. The van der Waals surface area contributed by atoms with E-state index in [9.17, 15) is 0 Å². The number of hydrogen-bond acceptors (Lipinski definition) is 4. The van der Waals surface area contributed by atoms with Gasteiger partial charge in [-0.05, 0) is 36.2 Å². The lowest BCUT2D eigenvalue weighted by molar-refractivity contribution is 0.284. The minimum absolute atomic E-state index is 0.490. The first-order valence-corrected chi connectivity index (χ1v) is 6.78. The Bertz CT molecular complexity index is 544. The molecule has 0 amide bonds. The molecule has 0 atom stereocenters. The third-order valence-corrected chi connectivity index (χ3v) is 2.84. The SMILES string of the molecule is CCCNc1cc(COc2ccccc2OC)ccn1. The number of para-hydroxylation sites is 2. The van der Waals surface area contributed by atoms with E-state index in [0.717, 1.165) is 35.8 Å². The van der Waals surface area contributed by atoms with Crippen LogP contribution in [-0.2, 0) is 6.61 Å². The first kappa shape index (κ1) is 14.2. The minimum atomic E-state index is 0.490. The van der Waals surface area contributed by atoms with Crippen LogP contribution in [0.25, 0.3) is 0 Å². The van der Waals surface area contributed by atoms with Gasteiger partial charge in [0.25, 0.3) is 0 Å². The predicted molar refractivity (Wildman–Crippen MR) is 80.3 cm³/mol. The second kappa shape index (κ2) is 7.38. The van der Waals surface area contributed by atoms with Gasteiger partial charge in [-0.25, -0.2) is 4.98 Å². The maximum absolute atomic E-state index is 5.79. The zero-order valence-electron chi connectivity index (χ0n) is 11.9. The topological polar surface area (TPSA) is 43.4 Å². The average Bonchev–Trinajstić information content (AvgIpc) is 2.51. The molecule has 1 heterocycles. The fourth-order valence-corrected chi connectivity index (χ4v) is 1.81. The summed E-state index contributed by atoms with van der Waals surface area (Å²) in [6, 6.07) is 11.6. The van der Waals surface area contributed by atoms with Crippen LogP contribution < -0.4 is 14.8 Å². The maximum atomic E-state index is 5.79. The van der Waals surface area contributed by atoms with Gasteiger partial charge in [0.15, 0.2) is 11.5 Å². The molecule has 2 rings (SSSR count). The van der Waals surface area contributed by atoms with Gasteiger partial charge in [-0.15, -0.1) is 0 Å². The number of methoxy groups -OCH3 is 1. The Morgan fingerprint density at radius 2 is 1.95 bits per heavy atom. The number of hydrogen-bond donors (Lipinski definition) is 1. The van der Waals surface area contributed by atoms with E-state index in [2.05, 4.69) is 17.2 Å². The zero-order chi connectivity index (χ0) is 14.2. The summed E-state index contributed by atoms with van der Waals surface area (Å²) in [6.45, 7) is 3.54. The smallest absolute Gasteiger partial charge is 0.161 e. The van der Waals surface area contributed by atoms with Gasteiger partial charge < -0.3 is 14.8 Å². The molecule has 4 nitrogen and oxygen atoms in total. The zero-order valence-corrected chi connectivity index (χ0v) is 11.9. The van der Waals surface area contributed by atoms with Crippen LogP contribution in [0.3, 0.4) is 0 Å². The number of pyridine rings is 1. The molecule has 2 aromatic rings. The Balaban J connectivity index is 1.99. The number of ether oxygens (including phenoxy) is 2. The molecule has 0 spiro atoms. The van der Waals surface area contributed by atoms with Crippen molar-refractivity contribution in [3.05, 3.63) is 48.2 Å². The molecule has 20 heavy (non-hydrogen) atoms.